The van der Waals surface area contributed by atoms with E-state index in [-0.39, 0.29) is 48.9 Å². The van der Waals surface area contributed by atoms with Crippen molar-refractivity contribution < 1.29 is 50.4 Å². The van der Waals surface area contributed by atoms with Crippen LogP contribution in [0.3, 0.4) is 0 Å². The first-order valence-electron chi connectivity index (χ1n) is 4.54. The predicted molar refractivity (Wildman–Crippen MR) is 54.0 cm³/mol. The number of aliphatic carboxylic acids is 2. The van der Waals surface area contributed by atoms with Gasteiger partial charge in [-0.1, -0.05) is 0 Å². The molecule has 6 N–H and O–H groups in total. The van der Waals surface area contributed by atoms with Crippen molar-refractivity contribution in [2.24, 2.45) is 0 Å². The van der Waals surface area contributed by atoms with Gasteiger partial charge in [-0.15, -0.1) is 0 Å². The molecule has 108 valence electrons. The van der Waals surface area contributed by atoms with E-state index in [2.05, 4.69) is 0 Å². The van der Waals surface area contributed by atoms with Crippen molar-refractivity contribution in [2.75, 3.05) is 13.2 Å². The van der Waals surface area contributed by atoms with Gasteiger partial charge in [-0.2, -0.15) is 0 Å². The number of rotatable bonds is 6. The van der Waals surface area contributed by atoms with E-state index in [1.54, 1.807) is 0 Å². The van der Waals surface area contributed by atoms with Crippen LogP contribution in [0.1, 0.15) is 0 Å². The fourth-order valence-electron chi connectivity index (χ4n) is 0.514. The average molecular weight is 408 g/mol. The molecule has 0 spiro atoms. The molecule has 19 heavy (non-hydrogen) atoms. The Morgan fingerprint density at radius 1 is 0.789 bits per heavy atom. The Bertz CT molecular complexity index is 234. The topological polar surface area (TPSA) is 202 Å². The Balaban J connectivity index is -0.000000256. The fourth-order valence-corrected chi connectivity index (χ4v) is 0.514. The molecule has 0 unspecified atom stereocenters. The minimum atomic E-state index is -2.00. The molecule has 0 heterocycles. The number of carboxylic acids is 2. The van der Waals surface area contributed by atoms with Gasteiger partial charge in [0, 0.05) is 0 Å². The van der Waals surface area contributed by atoms with Crippen molar-refractivity contribution in [3.8, 4) is 0 Å². The van der Waals surface area contributed by atoms with E-state index in [0.29, 0.717) is 0 Å². The predicted octanol–water partition coefficient (Wildman–Crippen LogP) is -7.48. The number of hydrogen-bond donors (Lipinski definition) is 6. The van der Waals surface area contributed by atoms with Crippen LogP contribution in [0.25, 0.3) is 0 Å². The van der Waals surface area contributed by atoms with Crippen molar-refractivity contribution >= 4 is 60.8 Å². The van der Waals surface area contributed by atoms with Gasteiger partial charge < -0.3 is 50.4 Å². The molecule has 0 amide bonds. The molecule has 0 radical (unpaired) electrons. The second-order valence-electron chi connectivity index (χ2n) is 3.03. The molecule has 0 aliphatic rings. The summed E-state index contributed by atoms with van der Waals surface area (Å²) in [6.07, 6.45) is -7.32. The zero-order chi connectivity index (χ0) is 14.9. The van der Waals surface area contributed by atoms with Crippen LogP contribution in [-0.2, 0) is 9.59 Å². The first-order chi connectivity index (χ1) is 8.18. The van der Waals surface area contributed by atoms with Crippen LogP contribution < -0.4 is 10.2 Å². The number of carboxylic acid groups (broad SMARTS) is 2. The van der Waals surface area contributed by atoms with E-state index >= 15 is 0 Å². The Kier molecular flexibility index (Phi) is 17.0. The van der Waals surface area contributed by atoms with Crippen molar-refractivity contribution in [1.29, 1.82) is 0 Å². The Morgan fingerprint density at radius 2 is 1.00 bits per heavy atom. The SMILES string of the molecule is O=C([O-])[C@H](O)[C@@H](O)CO.O=C([O-])[C@H](O)[C@@H](O)CO.[Ba+2]. The van der Waals surface area contributed by atoms with Crippen LogP contribution in [0.5, 0.6) is 0 Å². The maximum atomic E-state index is 9.67. The number of hydrogen-bond acceptors (Lipinski definition) is 10. The molecule has 0 fully saturated rings. The Morgan fingerprint density at radius 3 is 1.05 bits per heavy atom. The summed E-state index contributed by atoms with van der Waals surface area (Å²) in [7, 11) is 0. The molecular weight excluding hydrogens is 393 g/mol. The van der Waals surface area contributed by atoms with E-state index in [1.165, 1.54) is 0 Å². The number of aliphatic hydroxyl groups excluding tert-OH is 6. The molecule has 0 aromatic rings. The van der Waals surface area contributed by atoms with Crippen molar-refractivity contribution in [3.63, 3.8) is 0 Å². The monoisotopic (exact) mass is 408 g/mol. The molecule has 0 rings (SSSR count). The maximum absolute atomic E-state index is 9.67. The molecule has 0 aromatic heterocycles. The van der Waals surface area contributed by atoms with Crippen molar-refractivity contribution in [1.82, 2.24) is 0 Å². The third-order valence-electron chi connectivity index (χ3n) is 1.59. The first-order valence-corrected chi connectivity index (χ1v) is 4.54. The summed E-state index contributed by atoms with van der Waals surface area (Å²) in [5.74, 6) is -3.59. The van der Waals surface area contributed by atoms with E-state index < -0.39 is 49.6 Å². The van der Waals surface area contributed by atoms with Gasteiger partial charge in [0.15, 0.2) is 0 Å². The van der Waals surface area contributed by atoms with Crippen LogP contribution in [0.2, 0.25) is 0 Å². The molecule has 0 bridgehead atoms. The summed E-state index contributed by atoms with van der Waals surface area (Å²) < 4.78 is 0. The summed E-state index contributed by atoms with van der Waals surface area (Å²) in [6.45, 7) is -1.59. The molecule has 10 nitrogen and oxygen atoms in total. The summed E-state index contributed by atoms with van der Waals surface area (Å²) in [5, 5.41) is 68.8. The van der Waals surface area contributed by atoms with Gasteiger partial charge in [-0.05, 0) is 0 Å². The van der Waals surface area contributed by atoms with E-state index in [4.69, 9.17) is 30.6 Å². The smallest absolute Gasteiger partial charge is 0.547 e. The van der Waals surface area contributed by atoms with Crippen LogP contribution in [0.4, 0.5) is 0 Å². The Labute approximate surface area is 148 Å². The third kappa shape index (κ3) is 11.8. The molecule has 11 heteroatoms. The number of carbonyl (C=O) groups is 2. The zero-order valence-corrected chi connectivity index (χ0v) is 14.2. The van der Waals surface area contributed by atoms with Gasteiger partial charge in [0.05, 0.1) is 25.2 Å². The molecule has 0 aromatic carbocycles. The van der Waals surface area contributed by atoms with Crippen LogP contribution in [-0.4, -0.2) is 129 Å². The van der Waals surface area contributed by atoms with Crippen LogP contribution >= 0.6 is 0 Å². The molecule has 0 saturated carbocycles. The number of aliphatic hydroxyl groups is 6. The minimum Gasteiger partial charge on any atom is -0.547 e. The molecule has 4 atom stereocenters. The summed E-state index contributed by atoms with van der Waals surface area (Å²) in [5.41, 5.74) is 0. The van der Waals surface area contributed by atoms with E-state index in [9.17, 15) is 19.8 Å². The summed E-state index contributed by atoms with van der Waals surface area (Å²) in [6, 6.07) is 0. The van der Waals surface area contributed by atoms with Crippen molar-refractivity contribution in [2.45, 2.75) is 24.4 Å². The van der Waals surface area contributed by atoms with Gasteiger partial charge in [0.2, 0.25) is 0 Å². The molecule has 0 saturated heterocycles. The minimum absolute atomic E-state index is 0. The zero-order valence-electron chi connectivity index (χ0n) is 9.75. The Hall–Kier alpha value is 0.271. The second kappa shape index (κ2) is 13.3. The third-order valence-corrected chi connectivity index (χ3v) is 1.59. The molecule has 0 aliphatic carbocycles. The summed E-state index contributed by atoms with van der Waals surface area (Å²) >= 11 is 0. The van der Waals surface area contributed by atoms with Gasteiger partial charge in [-0.3, -0.25) is 0 Å². The summed E-state index contributed by atoms with van der Waals surface area (Å²) in [4.78, 5) is 19.3. The standard InChI is InChI=1S/2C4H8O5.Ba/c2*5-1-2(6)3(7)4(8)9;/h2*2-3,5-7H,1H2,(H,8,9);/q;;+2/p-2/t2*2-,3+;/m00./s1. The first kappa shape index (κ1) is 24.3. The molecule has 0 aliphatic heterocycles. The van der Waals surface area contributed by atoms with Crippen molar-refractivity contribution in [3.05, 3.63) is 0 Å². The van der Waals surface area contributed by atoms with E-state index in [0.717, 1.165) is 0 Å². The number of carbonyl (C=O) groups excluding carboxylic acids is 2. The van der Waals surface area contributed by atoms with Gasteiger partial charge in [0.1, 0.15) is 24.4 Å². The second-order valence-corrected chi connectivity index (χ2v) is 3.03. The average Bonchev–Trinajstić information content (AvgIpc) is 2.35. The molecular formula is C8H14BaO10. The van der Waals surface area contributed by atoms with E-state index in [1.807, 2.05) is 0 Å². The van der Waals surface area contributed by atoms with Gasteiger partial charge >= 0.3 is 48.9 Å². The fraction of sp³-hybridized carbons (Fsp3) is 0.750. The van der Waals surface area contributed by atoms with Gasteiger partial charge in [-0.25, -0.2) is 0 Å². The largest absolute Gasteiger partial charge is 2.00 e. The quantitative estimate of drug-likeness (QED) is 0.230. The van der Waals surface area contributed by atoms with Crippen LogP contribution in [0, 0.1) is 0 Å². The maximum Gasteiger partial charge on any atom is 2.00 e. The van der Waals surface area contributed by atoms with Crippen LogP contribution in [0.15, 0.2) is 0 Å². The van der Waals surface area contributed by atoms with Gasteiger partial charge in [0.25, 0.3) is 0 Å². The normalized spacial score (nSPS) is 15.9.